The van der Waals surface area contributed by atoms with Crippen LogP contribution >= 0.6 is 0 Å². The Bertz CT molecular complexity index is 673. The van der Waals surface area contributed by atoms with Crippen LogP contribution in [0.1, 0.15) is 22.2 Å². The van der Waals surface area contributed by atoms with Crippen LogP contribution in [0.2, 0.25) is 0 Å². The van der Waals surface area contributed by atoms with Crippen molar-refractivity contribution in [2.75, 3.05) is 0 Å². The van der Waals surface area contributed by atoms with E-state index in [-0.39, 0.29) is 35.9 Å². The average molecular weight is 288 g/mol. The normalized spacial score (nSPS) is 12.2. The van der Waals surface area contributed by atoms with E-state index in [0.717, 1.165) is 5.39 Å². The molecule has 0 radical (unpaired) electrons. The summed E-state index contributed by atoms with van der Waals surface area (Å²) in [6.45, 7) is 5.15. The van der Waals surface area contributed by atoms with E-state index >= 15 is 0 Å². The first kappa shape index (κ1) is 16.7. The van der Waals surface area contributed by atoms with E-state index in [9.17, 15) is 8.42 Å². The molecule has 0 amide bonds. The van der Waals surface area contributed by atoms with Gasteiger partial charge in [0.15, 0.2) is 0 Å². The number of hydrogen-bond acceptors (Lipinski definition) is 3. The summed E-state index contributed by atoms with van der Waals surface area (Å²) in [7, 11) is -3.74. The zero-order valence-corrected chi connectivity index (χ0v) is 14.5. The van der Waals surface area contributed by atoms with Crippen molar-refractivity contribution in [3.8, 4) is 0 Å². The van der Waals surface area contributed by atoms with E-state index in [1.807, 2.05) is 24.3 Å². The second-order valence-electron chi connectivity index (χ2n) is 5.13. The van der Waals surface area contributed by atoms with Gasteiger partial charge in [-0.25, -0.2) is 0 Å². The van der Waals surface area contributed by atoms with Gasteiger partial charge >= 0.3 is 29.6 Å². The van der Waals surface area contributed by atoms with E-state index < -0.39 is 15.7 Å². The summed E-state index contributed by atoms with van der Waals surface area (Å²) in [5, 5.41) is 1.57. The van der Waals surface area contributed by atoms with E-state index in [4.69, 9.17) is 4.18 Å². The van der Waals surface area contributed by atoms with Crippen LogP contribution in [0.3, 0.4) is 0 Å². The molecule has 0 saturated carbocycles. The summed E-state index contributed by atoms with van der Waals surface area (Å²) in [5.41, 5.74) is -0.740. The summed E-state index contributed by atoms with van der Waals surface area (Å²) in [5.74, 6) is 0. The molecule has 0 aliphatic carbocycles. The van der Waals surface area contributed by atoms with Gasteiger partial charge in [0, 0.05) is 5.39 Å². The van der Waals surface area contributed by atoms with E-state index in [0.29, 0.717) is 5.39 Å². The first-order valence-corrected chi connectivity index (χ1v) is 7.14. The Balaban J connectivity index is 0.00000180. The third-order valence-electron chi connectivity index (χ3n) is 2.38. The van der Waals surface area contributed by atoms with Crippen LogP contribution in [0, 0.1) is 0 Å². The molecular formula is C14H17NaO3S. The molecule has 0 N–H and O–H groups in total. The molecule has 0 unspecified atom stereocenters. The fraction of sp³-hybridized carbons (Fsp3) is 0.286. The van der Waals surface area contributed by atoms with E-state index in [1.165, 1.54) is 0 Å². The fourth-order valence-corrected chi connectivity index (χ4v) is 3.24. The molecule has 0 bridgehead atoms. The molecule has 2 rings (SSSR count). The molecule has 2 aromatic carbocycles. The van der Waals surface area contributed by atoms with Crippen molar-refractivity contribution in [1.29, 1.82) is 0 Å². The van der Waals surface area contributed by atoms with Crippen LogP contribution in [0.5, 0.6) is 0 Å². The Morgan fingerprint density at radius 1 is 1.00 bits per heavy atom. The van der Waals surface area contributed by atoms with Crippen molar-refractivity contribution < 1.29 is 43.6 Å². The third-order valence-corrected chi connectivity index (χ3v) is 3.99. The number of hydrogen-bond donors (Lipinski definition) is 0. The van der Waals surface area contributed by atoms with Crippen LogP contribution in [-0.4, -0.2) is 14.0 Å². The molecule has 0 spiro atoms. The number of fused-ring (bicyclic) bond motifs is 1. The van der Waals surface area contributed by atoms with Crippen molar-refractivity contribution in [3.05, 3.63) is 42.5 Å². The Labute approximate surface area is 137 Å². The molecule has 19 heavy (non-hydrogen) atoms. The Morgan fingerprint density at radius 2 is 1.58 bits per heavy atom. The van der Waals surface area contributed by atoms with Crippen molar-refractivity contribution >= 4 is 20.9 Å². The van der Waals surface area contributed by atoms with Crippen LogP contribution in [0.15, 0.2) is 47.4 Å². The maximum Gasteiger partial charge on any atom is 1.00 e. The van der Waals surface area contributed by atoms with Gasteiger partial charge in [0.2, 0.25) is 0 Å². The number of benzene rings is 2. The minimum atomic E-state index is -3.74. The Hall–Kier alpha value is -0.390. The molecule has 2 aromatic rings. The third kappa shape index (κ3) is 4.04. The van der Waals surface area contributed by atoms with Gasteiger partial charge in [-0.05, 0) is 32.2 Å². The molecule has 0 aliphatic heterocycles. The zero-order chi connectivity index (χ0) is 13.4. The molecule has 0 saturated heterocycles. The predicted octanol–water partition coefficient (Wildman–Crippen LogP) is 0.460. The standard InChI is InChI=1S/C14H16O3S.Na.H/c1-14(2,3)17-18(15,16)13-10-6-8-11-7-4-5-9-12(11)13;;/h4-10H,1-3H3;;/q;+1;-1. The van der Waals surface area contributed by atoms with Gasteiger partial charge in [0.25, 0.3) is 10.1 Å². The summed E-state index contributed by atoms with van der Waals surface area (Å²) in [4.78, 5) is 0.218. The predicted molar refractivity (Wildman–Crippen MR) is 73.1 cm³/mol. The van der Waals surface area contributed by atoms with Crippen LogP contribution in [0.25, 0.3) is 10.8 Å². The largest absolute Gasteiger partial charge is 1.00 e. The van der Waals surface area contributed by atoms with Crippen molar-refractivity contribution in [1.82, 2.24) is 0 Å². The summed E-state index contributed by atoms with van der Waals surface area (Å²) in [6.07, 6.45) is 0. The molecule has 3 nitrogen and oxygen atoms in total. The van der Waals surface area contributed by atoms with Gasteiger partial charge in [0.05, 0.1) is 5.60 Å². The van der Waals surface area contributed by atoms with Crippen LogP contribution in [-0.2, 0) is 14.3 Å². The monoisotopic (exact) mass is 288 g/mol. The maximum atomic E-state index is 12.2. The Kier molecular flexibility index (Phi) is 5.21. The van der Waals surface area contributed by atoms with Crippen LogP contribution in [0.4, 0.5) is 0 Å². The molecule has 0 fully saturated rings. The smallest absolute Gasteiger partial charge is 1.00 e. The quantitative estimate of drug-likeness (QED) is 0.596. The first-order valence-electron chi connectivity index (χ1n) is 5.73. The molecule has 0 aromatic heterocycles. The maximum absolute atomic E-state index is 12.2. The van der Waals surface area contributed by atoms with Crippen molar-refractivity contribution in [2.24, 2.45) is 0 Å². The second kappa shape index (κ2) is 5.94. The molecular weight excluding hydrogens is 271 g/mol. The van der Waals surface area contributed by atoms with Gasteiger partial charge in [-0.1, -0.05) is 36.4 Å². The molecule has 0 atom stereocenters. The van der Waals surface area contributed by atoms with Gasteiger partial charge in [-0.2, -0.15) is 8.42 Å². The van der Waals surface area contributed by atoms with Crippen molar-refractivity contribution in [3.63, 3.8) is 0 Å². The zero-order valence-electron chi connectivity index (χ0n) is 12.7. The van der Waals surface area contributed by atoms with Gasteiger partial charge < -0.3 is 1.43 Å². The molecule has 5 heteroatoms. The average Bonchev–Trinajstić information content (AvgIpc) is 2.25. The molecule has 0 aliphatic rings. The first-order chi connectivity index (χ1) is 8.30. The molecule has 98 valence electrons. The topological polar surface area (TPSA) is 43.4 Å². The van der Waals surface area contributed by atoms with E-state index in [1.54, 1.807) is 39.0 Å². The minimum absolute atomic E-state index is 0. The summed E-state index contributed by atoms with van der Waals surface area (Å²) >= 11 is 0. The minimum Gasteiger partial charge on any atom is -1.00 e. The molecule has 0 heterocycles. The Morgan fingerprint density at radius 3 is 2.21 bits per heavy atom. The SMILES string of the molecule is CC(C)(C)OS(=O)(=O)c1cccc2ccccc12.[H-].[Na+]. The van der Waals surface area contributed by atoms with E-state index in [2.05, 4.69) is 0 Å². The summed E-state index contributed by atoms with van der Waals surface area (Å²) in [6, 6.07) is 12.5. The van der Waals surface area contributed by atoms with Gasteiger partial charge in [-0.15, -0.1) is 0 Å². The van der Waals surface area contributed by atoms with Crippen molar-refractivity contribution in [2.45, 2.75) is 31.3 Å². The van der Waals surface area contributed by atoms with Gasteiger partial charge in [-0.3, -0.25) is 4.18 Å². The van der Waals surface area contributed by atoms with Crippen LogP contribution < -0.4 is 29.6 Å². The van der Waals surface area contributed by atoms with Gasteiger partial charge in [0.1, 0.15) is 4.90 Å². The number of rotatable bonds is 2. The second-order valence-corrected chi connectivity index (χ2v) is 6.64. The summed E-state index contributed by atoms with van der Waals surface area (Å²) < 4.78 is 29.7. The fourth-order valence-electron chi connectivity index (χ4n) is 1.79.